The molecule has 2 aromatic heterocycles. The molecule has 1 aliphatic carbocycles. The molecule has 0 radical (unpaired) electrons. The van der Waals surface area contributed by atoms with Crippen molar-refractivity contribution in [3.8, 4) is 5.69 Å². The number of hydrogen-bond donors (Lipinski definition) is 1. The summed E-state index contributed by atoms with van der Waals surface area (Å²) in [7, 11) is 0. The summed E-state index contributed by atoms with van der Waals surface area (Å²) in [6, 6.07) is 10.6. The Bertz CT molecular complexity index is 973. The van der Waals surface area contributed by atoms with E-state index in [0.29, 0.717) is 5.69 Å². The molecule has 1 saturated carbocycles. The van der Waals surface area contributed by atoms with Crippen molar-refractivity contribution in [2.24, 2.45) is 0 Å². The van der Waals surface area contributed by atoms with Crippen LogP contribution in [0, 0.1) is 5.82 Å². The van der Waals surface area contributed by atoms with Gasteiger partial charge in [-0.1, -0.05) is 30.3 Å². The molecular formula is C18H13F3N4O. The first kappa shape index (κ1) is 16.3. The van der Waals surface area contributed by atoms with Gasteiger partial charge in [-0.2, -0.15) is 5.10 Å². The number of aromatic nitrogens is 3. The average molecular weight is 358 g/mol. The molecule has 1 fully saturated rings. The first-order chi connectivity index (χ1) is 12.4. The first-order valence-electron chi connectivity index (χ1n) is 7.84. The second-order valence-electron chi connectivity index (χ2n) is 6.11. The Morgan fingerprint density at radius 1 is 1.15 bits per heavy atom. The van der Waals surface area contributed by atoms with Crippen LogP contribution in [0.25, 0.3) is 5.69 Å². The second-order valence-corrected chi connectivity index (χ2v) is 6.11. The molecule has 1 unspecified atom stereocenters. The van der Waals surface area contributed by atoms with E-state index in [4.69, 9.17) is 0 Å². The molecule has 1 atom stereocenters. The highest BCUT2D eigenvalue weighted by atomic mass is 19.3. The number of nitrogens with one attached hydrogen (secondary N) is 1. The summed E-state index contributed by atoms with van der Waals surface area (Å²) in [5.74, 6) is -4.38. The minimum atomic E-state index is -3.12. The van der Waals surface area contributed by atoms with Gasteiger partial charge in [-0.05, 0) is 5.56 Å². The summed E-state index contributed by atoms with van der Waals surface area (Å²) < 4.78 is 42.7. The van der Waals surface area contributed by atoms with Crippen LogP contribution in [0.1, 0.15) is 12.0 Å². The van der Waals surface area contributed by atoms with Gasteiger partial charge < -0.3 is 5.32 Å². The number of carbonyl (C=O) groups is 1. The number of alkyl halides is 2. The van der Waals surface area contributed by atoms with E-state index in [1.165, 1.54) is 41.3 Å². The molecule has 1 N–H and O–H groups in total. The molecule has 8 heteroatoms. The van der Waals surface area contributed by atoms with E-state index in [9.17, 15) is 18.0 Å². The molecule has 0 aliphatic heterocycles. The van der Waals surface area contributed by atoms with Crippen LogP contribution < -0.4 is 5.32 Å². The Kier molecular flexibility index (Phi) is 3.57. The minimum absolute atomic E-state index is 0.0947. The van der Waals surface area contributed by atoms with Gasteiger partial charge in [0.25, 0.3) is 5.92 Å². The van der Waals surface area contributed by atoms with Gasteiger partial charge in [-0.15, -0.1) is 0 Å². The molecule has 1 aromatic carbocycles. The molecule has 0 saturated heterocycles. The van der Waals surface area contributed by atoms with Gasteiger partial charge in [0.2, 0.25) is 5.91 Å². The van der Waals surface area contributed by atoms with Crippen molar-refractivity contribution < 1.29 is 18.0 Å². The quantitative estimate of drug-likeness (QED) is 0.778. The fourth-order valence-corrected chi connectivity index (χ4v) is 2.99. The third-order valence-electron chi connectivity index (χ3n) is 4.43. The predicted molar refractivity (Wildman–Crippen MR) is 87.6 cm³/mol. The molecule has 1 amide bonds. The van der Waals surface area contributed by atoms with Crippen LogP contribution in [0.15, 0.2) is 61.1 Å². The average Bonchev–Trinajstić information content (AvgIpc) is 2.98. The van der Waals surface area contributed by atoms with Crippen LogP contribution in [0.3, 0.4) is 0 Å². The molecule has 5 nitrogen and oxygen atoms in total. The lowest BCUT2D eigenvalue weighted by Gasteiger charge is -2.15. The van der Waals surface area contributed by atoms with Crippen LogP contribution in [0.2, 0.25) is 0 Å². The summed E-state index contributed by atoms with van der Waals surface area (Å²) in [6.45, 7) is 0. The summed E-state index contributed by atoms with van der Waals surface area (Å²) in [5.41, 5.74) is -1.28. The third-order valence-corrected chi connectivity index (χ3v) is 4.43. The largest absolute Gasteiger partial charge is 0.308 e. The van der Waals surface area contributed by atoms with Crippen molar-refractivity contribution >= 4 is 11.7 Å². The first-order valence-corrected chi connectivity index (χ1v) is 7.84. The molecule has 0 bridgehead atoms. The van der Waals surface area contributed by atoms with Gasteiger partial charge in [0.05, 0.1) is 18.1 Å². The number of benzene rings is 1. The highest BCUT2D eigenvalue weighted by Crippen LogP contribution is 2.62. The van der Waals surface area contributed by atoms with Gasteiger partial charge in [0.15, 0.2) is 5.82 Å². The lowest BCUT2D eigenvalue weighted by Crippen LogP contribution is -2.33. The van der Waals surface area contributed by atoms with Crippen molar-refractivity contribution in [3.05, 3.63) is 72.4 Å². The van der Waals surface area contributed by atoms with Gasteiger partial charge in [0, 0.05) is 24.8 Å². The van der Waals surface area contributed by atoms with Crippen LogP contribution in [-0.4, -0.2) is 26.6 Å². The van der Waals surface area contributed by atoms with Crippen molar-refractivity contribution in [3.63, 3.8) is 0 Å². The maximum atomic E-state index is 14.1. The fraction of sp³-hybridized carbons (Fsp3) is 0.167. The zero-order chi connectivity index (χ0) is 18.4. The second kappa shape index (κ2) is 5.69. The van der Waals surface area contributed by atoms with E-state index >= 15 is 0 Å². The summed E-state index contributed by atoms with van der Waals surface area (Å²) in [5, 5.41) is 6.52. The van der Waals surface area contributed by atoms with Gasteiger partial charge in [0.1, 0.15) is 11.2 Å². The highest BCUT2D eigenvalue weighted by Gasteiger charge is 2.76. The van der Waals surface area contributed by atoms with Crippen molar-refractivity contribution in [2.45, 2.75) is 17.8 Å². The zero-order valence-electron chi connectivity index (χ0n) is 13.4. The number of amides is 1. The van der Waals surface area contributed by atoms with Gasteiger partial charge in [-0.3, -0.25) is 9.78 Å². The number of anilines is 1. The molecule has 132 valence electrons. The van der Waals surface area contributed by atoms with Crippen LogP contribution in [-0.2, 0) is 10.2 Å². The smallest absolute Gasteiger partial charge is 0.268 e. The van der Waals surface area contributed by atoms with Crippen molar-refractivity contribution in [2.75, 3.05) is 5.32 Å². The standard InChI is InChI=1S/C18H13F3N4O/c19-13-8-14(10-22-9-13)25-7-6-15(24-25)23-16(26)17(11-18(17,20)21)12-4-2-1-3-5-12/h1-10H,11H2,(H,23,24,26). The summed E-state index contributed by atoms with van der Waals surface area (Å²) in [4.78, 5) is 16.3. The SMILES string of the molecule is O=C(Nc1ccn(-c2cncc(F)c2)n1)C1(c2ccccc2)CC1(F)F. The third kappa shape index (κ3) is 2.54. The number of carbonyl (C=O) groups excluding carboxylic acids is 1. The van der Waals surface area contributed by atoms with Crippen LogP contribution >= 0.6 is 0 Å². The molecule has 4 rings (SSSR count). The lowest BCUT2D eigenvalue weighted by molar-refractivity contribution is -0.121. The summed E-state index contributed by atoms with van der Waals surface area (Å²) >= 11 is 0. The van der Waals surface area contributed by atoms with Crippen LogP contribution in [0.4, 0.5) is 19.0 Å². The topological polar surface area (TPSA) is 59.8 Å². The fourth-order valence-electron chi connectivity index (χ4n) is 2.99. The highest BCUT2D eigenvalue weighted by molar-refractivity contribution is 6.02. The van der Waals surface area contributed by atoms with E-state index in [0.717, 1.165) is 6.20 Å². The monoisotopic (exact) mass is 358 g/mol. The maximum absolute atomic E-state index is 14.1. The minimum Gasteiger partial charge on any atom is -0.308 e. The summed E-state index contributed by atoms with van der Waals surface area (Å²) in [6.07, 6.45) is 3.37. The number of hydrogen-bond acceptors (Lipinski definition) is 3. The van der Waals surface area contributed by atoms with Crippen molar-refractivity contribution in [1.29, 1.82) is 0 Å². The molecule has 1 aliphatic rings. The molecule has 3 aromatic rings. The Hall–Kier alpha value is -3.16. The van der Waals surface area contributed by atoms with E-state index in [2.05, 4.69) is 15.4 Å². The van der Waals surface area contributed by atoms with E-state index in [1.54, 1.807) is 18.2 Å². The number of nitrogens with zero attached hydrogens (tertiary/aromatic N) is 3. The number of halogens is 3. The normalized spacial score (nSPS) is 20.6. The van der Waals surface area contributed by atoms with Gasteiger partial charge >= 0.3 is 0 Å². The van der Waals surface area contributed by atoms with Gasteiger partial charge in [-0.25, -0.2) is 17.9 Å². The Balaban J connectivity index is 1.59. The lowest BCUT2D eigenvalue weighted by atomic mass is 9.94. The number of pyridine rings is 1. The zero-order valence-corrected chi connectivity index (χ0v) is 13.4. The molecule has 0 spiro atoms. The van der Waals surface area contributed by atoms with E-state index in [-0.39, 0.29) is 11.4 Å². The molecule has 2 heterocycles. The van der Waals surface area contributed by atoms with Crippen molar-refractivity contribution in [1.82, 2.24) is 14.8 Å². The number of rotatable bonds is 4. The Labute approximate surface area is 146 Å². The van der Waals surface area contributed by atoms with Crippen LogP contribution in [0.5, 0.6) is 0 Å². The maximum Gasteiger partial charge on any atom is 0.268 e. The Morgan fingerprint density at radius 2 is 1.88 bits per heavy atom. The Morgan fingerprint density at radius 3 is 2.54 bits per heavy atom. The molecule has 26 heavy (non-hydrogen) atoms. The van der Waals surface area contributed by atoms with E-state index < -0.39 is 29.5 Å². The predicted octanol–water partition coefficient (Wildman–Crippen LogP) is 3.32. The van der Waals surface area contributed by atoms with E-state index in [1.807, 2.05) is 0 Å². The molecular weight excluding hydrogens is 345 g/mol.